The Balaban J connectivity index is 2.36. The van der Waals surface area contributed by atoms with Gasteiger partial charge in [0.15, 0.2) is 0 Å². The van der Waals surface area contributed by atoms with E-state index in [0.717, 1.165) is 35.7 Å². The van der Waals surface area contributed by atoms with E-state index in [4.69, 9.17) is 17.3 Å². The third kappa shape index (κ3) is 1.76. The summed E-state index contributed by atoms with van der Waals surface area (Å²) >= 11 is 6.12. The molecule has 1 atom stereocenters. The molecule has 0 saturated carbocycles. The van der Waals surface area contributed by atoms with Crippen LogP contribution in [0.4, 0.5) is 5.69 Å². The molecule has 86 valence electrons. The van der Waals surface area contributed by atoms with Gasteiger partial charge in [-0.1, -0.05) is 24.6 Å². The number of benzene rings is 1. The molecule has 1 aliphatic heterocycles. The molecule has 0 bridgehead atoms. The third-order valence-electron chi connectivity index (χ3n) is 3.10. The largest absolute Gasteiger partial charge is 0.368 e. The van der Waals surface area contributed by atoms with Crippen LogP contribution in [0.3, 0.4) is 0 Å². The van der Waals surface area contributed by atoms with Gasteiger partial charge in [0.2, 0.25) is 5.91 Å². The van der Waals surface area contributed by atoms with Gasteiger partial charge in [0.1, 0.15) is 6.04 Å². The van der Waals surface area contributed by atoms with E-state index in [-0.39, 0.29) is 11.9 Å². The molecule has 1 amide bonds. The summed E-state index contributed by atoms with van der Waals surface area (Å²) in [7, 11) is 0. The predicted octanol–water partition coefficient (Wildman–Crippen LogP) is 1.97. The van der Waals surface area contributed by atoms with Crippen molar-refractivity contribution in [2.24, 2.45) is 5.73 Å². The molecule has 1 aromatic carbocycles. The van der Waals surface area contributed by atoms with Crippen LogP contribution in [0.5, 0.6) is 0 Å². The molecule has 1 aromatic rings. The van der Waals surface area contributed by atoms with Crippen molar-refractivity contribution in [3.05, 3.63) is 28.8 Å². The Morgan fingerprint density at radius 3 is 3.00 bits per heavy atom. The van der Waals surface area contributed by atoms with Gasteiger partial charge in [-0.05, 0) is 30.5 Å². The minimum absolute atomic E-state index is 0.222. The van der Waals surface area contributed by atoms with Crippen LogP contribution in [-0.4, -0.2) is 18.5 Å². The van der Waals surface area contributed by atoms with Gasteiger partial charge in [0.05, 0.1) is 0 Å². The number of nitrogens with zero attached hydrogens (tertiary/aromatic N) is 1. The van der Waals surface area contributed by atoms with Crippen LogP contribution in [0.25, 0.3) is 0 Å². The Kier molecular flexibility index (Phi) is 3.06. The van der Waals surface area contributed by atoms with E-state index in [0.29, 0.717) is 0 Å². The highest BCUT2D eigenvalue weighted by Gasteiger charge is 2.29. The van der Waals surface area contributed by atoms with Gasteiger partial charge in [-0.15, -0.1) is 0 Å². The van der Waals surface area contributed by atoms with Gasteiger partial charge in [-0.25, -0.2) is 0 Å². The number of fused-ring (bicyclic) bond motifs is 1. The first-order valence-corrected chi connectivity index (χ1v) is 5.86. The first-order chi connectivity index (χ1) is 7.65. The Morgan fingerprint density at radius 2 is 2.38 bits per heavy atom. The Hall–Kier alpha value is -1.22. The fourth-order valence-electron chi connectivity index (χ4n) is 2.32. The first-order valence-electron chi connectivity index (χ1n) is 5.48. The van der Waals surface area contributed by atoms with Crippen molar-refractivity contribution in [2.75, 3.05) is 11.4 Å². The van der Waals surface area contributed by atoms with Crippen molar-refractivity contribution in [1.82, 2.24) is 0 Å². The van der Waals surface area contributed by atoms with E-state index in [9.17, 15) is 4.79 Å². The molecule has 1 heterocycles. The number of primary amides is 1. The van der Waals surface area contributed by atoms with Crippen molar-refractivity contribution < 1.29 is 4.79 Å². The summed E-state index contributed by atoms with van der Waals surface area (Å²) in [6, 6.07) is 5.57. The minimum Gasteiger partial charge on any atom is -0.368 e. The SMILES string of the molecule is CCC(C(N)=O)N1CCc2c(Cl)cccc21. The molecular formula is C12H15ClN2O. The fraction of sp³-hybridized carbons (Fsp3) is 0.417. The van der Waals surface area contributed by atoms with Gasteiger partial charge < -0.3 is 10.6 Å². The van der Waals surface area contributed by atoms with E-state index < -0.39 is 0 Å². The second kappa shape index (κ2) is 4.34. The summed E-state index contributed by atoms with van der Waals surface area (Å²) in [6.07, 6.45) is 1.61. The number of nitrogens with two attached hydrogens (primary N) is 1. The lowest BCUT2D eigenvalue weighted by Crippen LogP contribution is -2.43. The monoisotopic (exact) mass is 238 g/mol. The molecule has 3 nitrogen and oxygen atoms in total. The smallest absolute Gasteiger partial charge is 0.240 e. The average molecular weight is 239 g/mol. The average Bonchev–Trinajstić information content (AvgIpc) is 2.64. The Labute approximate surface area is 100 Å². The van der Waals surface area contributed by atoms with Crippen molar-refractivity contribution in [1.29, 1.82) is 0 Å². The van der Waals surface area contributed by atoms with Crippen molar-refractivity contribution >= 4 is 23.2 Å². The van der Waals surface area contributed by atoms with Gasteiger partial charge >= 0.3 is 0 Å². The lowest BCUT2D eigenvalue weighted by atomic mass is 10.1. The van der Waals surface area contributed by atoms with E-state index in [1.54, 1.807) is 0 Å². The molecule has 0 radical (unpaired) electrons. The van der Waals surface area contributed by atoms with Gasteiger partial charge in [-0.3, -0.25) is 4.79 Å². The van der Waals surface area contributed by atoms with Crippen LogP contribution in [0.15, 0.2) is 18.2 Å². The van der Waals surface area contributed by atoms with Crippen molar-refractivity contribution in [2.45, 2.75) is 25.8 Å². The van der Waals surface area contributed by atoms with Crippen molar-refractivity contribution in [3.63, 3.8) is 0 Å². The Bertz CT molecular complexity index is 419. The fourth-order valence-corrected chi connectivity index (χ4v) is 2.58. The maximum absolute atomic E-state index is 11.4. The second-order valence-electron chi connectivity index (χ2n) is 4.01. The zero-order chi connectivity index (χ0) is 11.7. The van der Waals surface area contributed by atoms with Crippen LogP contribution in [0, 0.1) is 0 Å². The van der Waals surface area contributed by atoms with Gasteiger partial charge in [0, 0.05) is 17.3 Å². The van der Waals surface area contributed by atoms with Crippen LogP contribution >= 0.6 is 11.6 Å². The molecular weight excluding hydrogens is 224 g/mol. The molecule has 2 N–H and O–H groups in total. The highest BCUT2D eigenvalue weighted by Crippen LogP contribution is 2.34. The summed E-state index contributed by atoms with van der Waals surface area (Å²) in [5, 5.41) is 0.777. The first kappa shape index (κ1) is 11.3. The van der Waals surface area contributed by atoms with E-state index in [1.807, 2.05) is 25.1 Å². The summed E-state index contributed by atoms with van der Waals surface area (Å²) in [6.45, 7) is 2.79. The lowest BCUT2D eigenvalue weighted by Gasteiger charge is -2.26. The summed E-state index contributed by atoms with van der Waals surface area (Å²) < 4.78 is 0. The number of hydrogen-bond acceptors (Lipinski definition) is 2. The predicted molar refractivity (Wildman–Crippen MR) is 65.8 cm³/mol. The van der Waals surface area contributed by atoms with Crippen LogP contribution < -0.4 is 10.6 Å². The molecule has 16 heavy (non-hydrogen) atoms. The molecule has 1 unspecified atom stereocenters. The van der Waals surface area contributed by atoms with Crippen LogP contribution in [0.2, 0.25) is 5.02 Å². The summed E-state index contributed by atoms with van der Waals surface area (Å²) in [5.74, 6) is -0.268. The normalized spacial score (nSPS) is 16.0. The number of anilines is 1. The quantitative estimate of drug-likeness (QED) is 0.875. The molecule has 0 aliphatic carbocycles. The molecule has 2 rings (SSSR count). The lowest BCUT2D eigenvalue weighted by molar-refractivity contribution is -0.119. The topological polar surface area (TPSA) is 46.3 Å². The summed E-state index contributed by atoms with van der Waals surface area (Å²) in [5.41, 5.74) is 7.59. The standard InChI is InChI=1S/C12H15ClN2O/c1-2-10(12(14)16)15-7-6-8-9(13)4-3-5-11(8)15/h3-5,10H,2,6-7H2,1H3,(H2,14,16). The maximum Gasteiger partial charge on any atom is 0.240 e. The zero-order valence-electron chi connectivity index (χ0n) is 9.24. The van der Waals surface area contributed by atoms with E-state index >= 15 is 0 Å². The Morgan fingerprint density at radius 1 is 1.62 bits per heavy atom. The maximum atomic E-state index is 11.4. The molecule has 0 fully saturated rings. The number of hydrogen-bond donors (Lipinski definition) is 1. The number of amides is 1. The van der Waals surface area contributed by atoms with Crippen LogP contribution in [-0.2, 0) is 11.2 Å². The van der Waals surface area contributed by atoms with Gasteiger partial charge in [-0.2, -0.15) is 0 Å². The van der Waals surface area contributed by atoms with E-state index in [2.05, 4.69) is 4.90 Å². The number of rotatable bonds is 3. The molecule has 4 heteroatoms. The molecule has 1 aliphatic rings. The third-order valence-corrected chi connectivity index (χ3v) is 3.45. The number of carbonyl (C=O) groups excluding carboxylic acids is 1. The van der Waals surface area contributed by atoms with E-state index in [1.165, 1.54) is 0 Å². The number of halogens is 1. The number of carbonyl (C=O) groups is 1. The highest BCUT2D eigenvalue weighted by atomic mass is 35.5. The van der Waals surface area contributed by atoms with Crippen molar-refractivity contribution in [3.8, 4) is 0 Å². The van der Waals surface area contributed by atoms with Crippen LogP contribution in [0.1, 0.15) is 18.9 Å². The minimum atomic E-state index is -0.268. The highest BCUT2D eigenvalue weighted by molar-refractivity contribution is 6.31. The summed E-state index contributed by atoms with van der Waals surface area (Å²) in [4.78, 5) is 13.4. The molecule has 0 aromatic heterocycles. The molecule has 0 saturated heterocycles. The molecule has 0 spiro atoms. The second-order valence-corrected chi connectivity index (χ2v) is 4.41. The van der Waals surface area contributed by atoms with Gasteiger partial charge in [0.25, 0.3) is 0 Å². The zero-order valence-corrected chi connectivity index (χ0v) is 10.00.